The van der Waals surface area contributed by atoms with Crippen molar-refractivity contribution in [2.45, 2.75) is 29.6 Å². The number of benzene rings is 1. The van der Waals surface area contributed by atoms with E-state index >= 15 is 0 Å². The predicted octanol–water partition coefficient (Wildman–Crippen LogP) is 3.55. The first-order chi connectivity index (χ1) is 13.2. The van der Waals surface area contributed by atoms with E-state index in [-0.39, 0.29) is 11.2 Å². The van der Waals surface area contributed by atoms with Crippen molar-refractivity contribution in [3.63, 3.8) is 0 Å². The number of hydrogen-bond acceptors (Lipinski definition) is 8. The molecule has 1 atom stereocenters. The fraction of sp³-hybridized carbons (Fsp3) is 0.278. The van der Waals surface area contributed by atoms with Gasteiger partial charge >= 0.3 is 0 Å². The SMILES string of the molecule is COc1ccccc1CNC(=O)[C@H](C)Sc1nnc(NCc2ccco2)s1. The van der Waals surface area contributed by atoms with Gasteiger partial charge in [0.1, 0.15) is 11.5 Å². The second-order valence-electron chi connectivity index (χ2n) is 5.60. The normalized spacial score (nSPS) is 11.8. The molecule has 0 saturated carbocycles. The summed E-state index contributed by atoms with van der Waals surface area (Å²) in [6, 6.07) is 11.3. The van der Waals surface area contributed by atoms with Crippen LogP contribution in [0.2, 0.25) is 0 Å². The van der Waals surface area contributed by atoms with Gasteiger partial charge in [0.2, 0.25) is 11.0 Å². The van der Waals surface area contributed by atoms with E-state index < -0.39 is 0 Å². The minimum Gasteiger partial charge on any atom is -0.496 e. The zero-order valence-corrected chi connectivity index (χ0v) is 16.6. The summed E-state index contributed by atoms with van der Waals surface area (Å²) >= 11 is 2.79. The molecule has 9 heteroatoms. The Hall–Kier alpha value is -2.52. The highest BCUT2D eigenvalue weighted by molar-refractivity contribution is 8.02. The van der Waals surface area contributed by atoms with Crippen LogP contribution in [0.3, 0.4) is 0 Å². The first-order valence-corrected chi connectivity index (χ1v) is 10.0. The van der Waals surface area contributed by atoms with Gasteiger partial charge in [-0.05, 0) is 25.1 Å². The molecule has 0 radical (unpaired) electrons. The Morgan fingerprint density at radius 3 is 2.89 bits per heavy atom. The van der Waals surface area contributed by atoms with Crippen molar-refractivity contribution in [3.8, 4) is 5.75 Å². The topological polar surface area (TPSA) is 89.3 Å². The summed E-state index contributed by atoms with van der Waals surface area (Å²) in [5.41, 5.74) is 0.936. The molecule has 2 N–H and O–H groups in total. The number of nitrogens with one attached hydrogen (secondary N) is 2. The molecule has 0 aliphatic heterocycles. The molecule has 1 aromatic carbocycles. The van der Waals surface area contributed by atoms with Gasteiger partial charge in [0, 0.05) is 12.1 Å². The summed E-state index contributed by atoms with van der Waals surface area (Å²) in [5, 5.41) is 14.7. The number of ether oxygens (including phenoxy) is 1. The molecule has 0 aliphatic carbocycles. The van der Waals surface area contributed by atoms with E-state index in [1.807, 2.05) is 43.3 Å². The highest BCUT2D eigenvalue weighted by Crippen LogP contribution is 2.29. The number of carbonyl (C=O) groups is 1. The zero-order chi connectivity index (χ0) is 19.1. The molecule has 142 valence electrons. The summed E-state index contributed by atoms with van der Waals surface area (Å²) in [6.07, 6.45) is 1.63. The van der Waals surface area contributed by atoms with Crippen LogP contribution < -0.4 is 15.4 Å². The molecule has 2 aromatic heterocycles. The van der Waals surface area contributed by atoms with Crippen LogP contribution in [0.1, 0.15) is 18.2 Å². The molecule has 0 fully saturated rings. The third kappa shape index (κ3) is 5.48. The molecule has 3 aromatic rings. The van der Waals surface area contributed by atoms with Crippen molar-refractivity contribution >= 4 is 34.1 Å². The second kappa shape index (κ2) is 9.43. The van der Waals surface area contributed by atoms with Crippen LogP contribution >= 0.6 is 23.1 Å². The van der Waals surface area contributed by atoms with Gasteiger partial charge in [-0.1, -0.05) is 41.3 Å². The molecule has 3 rings (SSSR count). The molecule has 0 spiro atoms. The number of thioether (sulfide) groups is 1. The number of para-hydroxylation sites is 1. The number of methoxy groups -OCH3 is 1. The average Bonchev–Trinajstić information content (AvgIpc) is 3.36. The average molecular weight is 405 g/mol. The van der Waals surface area contributed by atoms with Crippen LogP contribution in [0.15, 0.2) is 51.4 Å². The molecule has 0 bridgehead atoms. The van der Waals surface area contributed by atoms with Crippen molar-refractivity contribution in [2.75, 3.05) is 12.4 Å². The number of amides is 1. The van der Waals surface area contributed by atoms with E-state index in [1.54, 1.807) is 13.4 Å². The molecule has 0 aliphatic rings. The highest BCUT2D eigenvalue weighted by Gasteiger charge is 2.17. The lowest BCUT2D eigenvalue weighted by Gasteiger charge is -2.12. The highest BCUT2D eigenvalue weighted by atomic mass is 32.2. The first-order valence-electron chi connectivity index (χ1n) is 8.31. The van der Waals surface area contributed by atoms with Gasteiger partial charge in [-0.15, -0.1) is 10.2 Å². The van der Waals surface area contributed by atoms with Gasteiger partial charge in [0.05, 0.1) is 25.2 Å². The van der Waals surface area contributed by atoms with Crippen LogP contribution in [0.25, 0.3) is 0 Å². The number of furan rings is 1. The number of hydrogen-bond donors (Lipinski definition) is 2. The minimum atomic E-state index is -0.286. The third-order valence-electron chi connectivity index (χ3n) is 3.69. The summed E-state index contributed by atoms with van der Waals surface area (Å²) < 4.78 is 11.3. The summed E-state index contributed by atoms with van der Waals surface area (Å²) in [6.45, 7) is 2.81. The van der Waals surface area contributed by atoms with Crippen LogP contribution in [-0.4, -0.2) is 28.5 Å². The van der Waals surface area contributed by atoms with Crippen molar-refractivity contribution in [3.05, 3.63) is 54.0 Å². The van der Waals surface area contributed by atoms with Gasteiger partial charge in [-0.3, -0.25) is 4.79 Å². The van der Waals surface area contributed by atoms with E-state index in [0.717, 1.165) is 21.4 Å². The number of aromatic nitrogens is 2. The lowest BCUT2D eigenvalue weighted by Crippen LogP contribution is -2.30. The number of nitrogens with zero attached hydrogens (tertiary/aromatic N) is 2. The third-order valence-corrected chi connectivity index (χ3v) is 5.76. The fourth-order valence-corrected chi connectivity index (χ4v) is 4.20. The number of rotatable bonds is 9. The lowest BCUT2D eigenvalue weighted by molar-refractivity contribution is -0.120. The van der Waals surface area contributed by atoms with E-state index in [0.29, 0.717) is 18.2 Å². The number of carbonyl (C=O) groups excluding carboxylic acids is 1. The Morgan fingerprint density at radius 1 is 1.26 bits per heavy atom. The molecule has 0 unspecified atom stereocenters. The van der Waals surface area contributed by atoms with Crippen LogP contribution in [-0.2, 0) is 17.9 Å². The second-order valence-corrected chi connectivity index (χ2v) is 8.16. The Morgan fingerprint density at radius 2 is 2.11 bits per heavy atom. The lowest BCUT2D eigenvalue weighted by atomic mass is 10.2. The fourth-order valence-electron chi connectivity index (χ4n) is 2.28. The van der Waals surface area contributed by atoms with Crippen molar-refractivity contribution in [2.24, 2.45) is 0 Å². The molecular weight excluding hydrogens is 384 g/mol. The molecular formula is C18H20N4O3S2. The maximum Gasteiger partial charge on any atom is 0.233 e. The van der Waals surface area contributed by atoms with Crippen molar-refractivity contribution in [1.29, 1.82) is 0 Å². The van der Waals surface area contributed by atoms with Gasteiger partial charge in [-0.2, -0.15) is 0 Å². The van der Waals surface area contributed by atoms with E-state index in [1.165, 1.54) is 23.1 Å². The smallest absolute Gasteiger partial charge is 0.233 e. The summed E-state index contributed by atoms with van der Waals surface area (Å²) in [4.78, 5) is 12.4. The van der Waals surface area contributed by atoms with Gasteiger partial charge in [0.15, 0.2) is 4.34 Å². The maximum atomic E-state index is 12.4. The van der Waals surface area contributed by atoms with Crippen molar-refractivity contribution in [1.82, 2.24) is 15.5 Å². The van der Waals surface area contributed by atoms with Crippen LogP contribution in [0.4, 0.5) is 5.13 Å². The van der Waals surface area contributed by atoms with Gasteiger partial charge in [0.25, 0.3) is 0 Å². The summed E-state index contributed by atoms with van der Waals surface area (Å²) in [7, 11) is 1.62. The van der Waals surface area contributed by atoms with Crippen LogP contribution in [0.5, 0.6) is 5.75 Å². The van der Waals surface area contributed by atoms with Crippen LogP contribution in [0, 0.1) is 0 Å². The Kier molecular flexibility index (Phi) is 6.72. The standard InChI is InChI=1S/C18H20N4O3S2/c1-12(16(23)19-10-13-6-3-4-8-15(13)24-2)26-18-22-21-17(27-18)20-11-14-7-5-9-25-14/h3-9,12H,10-11H2,1-2H3,(H,19,23)(H,20,21)/t12-/m0/s1. The van der Waals surface area contributed by atoms with E-state index in [4.69, 9.17) is 9.15 Å². The maximum absolute atomic E-state index is 12.4. The van der Waals surface area contributed by atoms with Crippen molar-refractivity contribution < 1.29 is 13.9 Å². The first kappa shape index (κ1) is 19.2. The van der Waals surface area contributed by atoms with Gasteiger partial charge < -0.3 is 19.8 Å². The minimum absolute atomic E-state index is 0.0637. The Bertz CT molecular complexity index is 867. The molecule has 27 heavy (non-hydrogen) atoms. The predicted molar refractivity (Wildman–Crippen MR) is 106 cm³/mol. The number of anilines is 1. The molecule has 1 amide bonds. The van der Waals surface area contributed by atoms with E-state index in [2.05, 4.69) is 20.8 Å². The monoisotopic (exact) mass is 404 g/mol. The quantitative estimate of drug-likeness (QED) is 0.527. The Balaban J connectivity index is 1.48. The molecule has 2 heterocycles. The zero-order valence-electron chi connectivity index (χ0n) is 15.0. The summed E-state index contributed by atoms with van der Waals surface area (Å²) in [5.74, 6) is 1.52. The Labute approximate surface area is 165 Å². The van der Waals surface area contributed by atoms with Gasteiger partial charge in [-0.25, -0.2) is 0 Å². The molecule has 7 nitrogen and oxygen atoms in total. The molecule has 0 saturated heterocycles. The largest absolute Gasteiger partial charge is 0.496 e. The van der Waals surface area contributed by atoms with E-state index in [9.17, 15) is 4.79 Å².